The first kappa shape index (κ1) is 7.34. The molecular formula is C9H9NO3. The van der Waals surface area contributed by atoms with Crippen LogP contribution in [0.5, 0.6) is 0 Å². The van der Waals surface area contributed by atoms with Crippen LogP contribution in [0.3, 0.4) is 0 Å². The number of rotatable bonds is 0. The van der Waals surface area contributed by atoms with E-state index in [1.807, 2.05) is 0 Å². The first-order valence-corrected chi connectivity index (χ1v) is 4.52. The van der Waals surface area contributed by atoms with Gasteiger partial charge in [0.2, 0.25) is 0 Å². The Bertz CT molecular complexity index is 321. The number of nitrogens with zero attached hydrogens (tertiary/aromatic N) is 1. The van der Waals surface area contributed by atoms with Gasteiger partial charge in [-0.2, -0.15) is 5.26 Å². The largest absolute Gasteiger partial charge is 0.459 e. The van der Waals surface area contributed by atoms with Gasteiger partial charge in [-0.3, -0.25) is 4.79 Å². The molecule has 13 heavy (non-hydrogen) atoms. The molecule has 4 heteroatoms. The van der Waals surface area contributed by atoms with Gasteiger partial charge in [0.05, 0.1) is 24.0 Å². The van der Waals surface area contributed by atoms with Crippen LogP contribution in [0.25, 0.3) is 0 Å². The van der Waals surface area contributed by atoms with Crippen LogP contribution in [0, 0.1) is 35.0 Å². The van der Waals surface area contributed by atoms with Crippen molar-refractivity contribution in [2.45, 2.75) is 18.6 Å². The highest BCUT2D eigenvalue weighted by molar-refractivity contribution is 5.77. The summed E-state index contributed by atoms with van der Waals surface area (Å²) < 4.78 is 5.04. The number of fused-ring (bicyclic) bond motifs is 1. The highest BCUT2D eigenvalue weighted by Crippen LogP contribution is 2.57. The van der Waals surface area contributed by atoms with Crippen molar-refractivity contribution in [3.63, 3.8) is 0 Å². The molecule has 0 aromatic carbocycles. The van der Waals surface area contributed by atoms with Crippen molar-refractivity contribution in [2.75, 3.05) is 0 Å². The van der Waals surface area contributed by atoms with Crippen molar-refractivity contribution in [2.24, 2.45) is 23.7 Å². The maximum atomic E-state index is 11.3. The molecular weight excluding hydrogens is 170 g/mol. The summed E-state index contributed by atoms with van der Waals surface area (Å²) in [5, 5.41) is 18.6. The van der Waals surface area contributed by atoms with E-state index >= 15 is 0 Å². The van der Waals surface area contributed by atoms with Gasteiger partial charge in [0.15, 0.2) is 0 Å². The summed E-state index contributed by atoms with van der Waals surface area (Å²) in [5.41, 5.74) is 0. The number of hydrogen-bond donors (Lipinski definition) is 1. The van der Waals surface area contributed by atoms with Gasteiger partial charge in [-0.05, 0) is 6.42 Å². The Morgan fingerprint density at radius 2 is 2.31 bits per heavy atom. The number of nitriles is 1. The smallest absolute Gasteiger partial charge is 0.311 e. The van der Waals surface area contributed by atoms with Crippen LogP contribution in [0.1, 0.15) is 6.42 Å². The van der Waals surface area contributed by atoms with Gasteiger partial charge in [-0.1, -0.05) is 0 Å². The molecule has 0 spiro atoms. The van der Waals surface area contributed by atoms with E-state index < -0.39 is 6.10 Å². The maximum Gasteiger partial charge on any atom is 0.311 e. The molecule has 2 bridgehead atoms. The number of aliphatic hydroxyl groups is 1. The molecule has 0 aromatic heterocycles. The minimum atomic E-state index is -0.600. The summed E-state index contributed by atoms with van der Waals surface area (Å²) in [6, 6.07) is 2.12. The van der Waals surface area contributed by atoms with Crippen molar-refractivity contribution in [3.8, 4) is 6.07 Å². The van der Waals surface area contributed by atoms with E-state index in [1.165, 1.54) is 0 Å². The third kappa shape index (κ3) is 0.637. The molecule has 0 amide bonds. The summed E-state index contributed by atoms with van der Waals surface area (Å²) in [7, 11) is 0. The third-order valence-corrected chi connectivity index (χ3v) is 3.72. The number of hydrogen-bond acceptors (Lipinski definition) is 4. The Kier molecular flexibility index (Phi) is 1.15. The highest BCUT2D eigenvalue weighted by atomic mass is 16.6. The molecule has 0 radical (unpaired) electrons. The Morgan fingerprint density at radius 1 is 1.54 bits per heavy atom. The van der Waals surface area contributed by atoms with E-state index in [0.29, 0.717) is 0 Å². The Labute approximate surface area is 75.1 Å². The molecule has 2 aliphatic carbocycles. The number of ether oxygens (including phenoxy) is 1. The molecule has 2 saturated carbocycles. The van der Waals surface area contributed by atoms with Crippen molar-refractivity contribution in [1.29, 1.82) is 5.26 Å². The van der Waals surface area contributed by atoms with Crippen molar-refractivity contribution in [3.05, 3.63) is 0 Å². The predicted molar refractivity (Wildman–Crippen MR) is 40.1 cm³/mol. The fourth-order valence-electron chi connectivity index (χ4n) is 3.19. The van der Waals surface area contributed by atoms with Gasteiger partial charge in [0.25, 0.3) is 0 Å². The van der Waals surface area contributed by atoms with E-state index in [-0.39, 0.29) is 35.7 Å². The van der Waals surface area contributed by atoms with Gasteiger partial charge in [-0.15, -0.1) is 0 Å². The average Bonchev–Trinajstić information content (AvgIpc) is 2.68. The molecule has 4 nitrogen and oxygen atoms in total. The molecule has 68 valence electrons. The summed E-state index contributed by atoms with van der Waals surface area (Å²) in [6.45, 7) is 0. The molecule has 1 aliphatic heterocycles. The Hall–Kier alpha value is -1.08. The van der Waals surface area contributed by atoms with Gasteiger partial charge in [0, 0.05) is 11.8 Å². The fraction of sp³-hybridized carbons (Fsp3) is 0.778. The minimum Gasteiger partial charge on any atom is -0.459 e. The van der Waals surface area contributed by atoms with Crippen LogP contribution in [-0.4, -0.2) is 23.3 Å². The number of carbonyl (C=O) groups excluding carboxylic acids is 1. The summed E-state index contributed by atoms with van der Waals surface area (Å²) in [5.74, 6) is -0.760. The Morgan fingerprint density at radius 3 is 3.00 bits per heavy atom. The zero-order valence-electron chi connectivity index (χ0n) is 6.88. The average molecular weight is 179 g/mol. The Balaban J connectivity index is 2.07. The number of carbonyl (C=O) groups is 1. The van der Waals surface area contributed by atoms with E-state index in [4.69, 9.17) is 10.00 Å². The lowest BCUT2D eigenvalue weighted by atomic mass is 9.79. The molecule has 1 heterocycles. The quantitative estimate of drug-likeness (QED) is 0.517. The van der Waals surface area contributed by atoms with Crippen LogP contribution in [0.4, 0.5) is 0 Å². The zero-order chi connectivity index (χ0) is 9.16. The second-order valence-electron chi connectivity index (χ2n) is 4.14. The second kappa shape index (κ2) is 2.05. The molecule has 1 N–H and O–H groups in total. The number of aliphatic hydroxyl groups excluding tert-OH is 1. The first-order valence-electron chi connectivity index (χ1n) is 4.52. The maximum absolute atomic E-state index is 11.3. The van der Waals surface area contributed by atoms with E-state index in [2.05, 4.69) is 6.07 Å². The number of esters is 1. The summed E-state index contributed by atoms with van der Waals surface area (Å²) in [4.78, 5) is 11.3. The van der Waals surface area contributed by atoms with Crippen LogP contribution in [-0.2, 0) is 9.53 Å². The van der Waals surface area contributed by atoms with Gasteiger partial charge in [-0.25, -0.2) is 0 Å². The molecule has 3 rings (SSSR count). The fourth-order valence-corrected chi connectivity index (χ4v) is 3.19. The van der Waals surface area contributed by atoms with Crippen LogP contribution >= 0.6 is 0 Å². The van der Waals surface area contributed by atoms with Crippen LogP contribution < -0.4 is 0 Å². The van der Waals surface area contributed by atoms with Crippen LogP contribution in [0.2, 0.25) is 0 Å². The van der Waals surface area contributed by atoms with Gasteiger partial charge < -0.3 is 9.84 Å². The predicted octanol–water partition coefficient (Wildman–Crippen LogP) is -0.322. The van der Waals surface area contributed by atoms with E-state index in [0.717, 1.165) is 6.42 Å². The van der Waals surface area contributed by atoms with Crippen LogP contribution in [0.15, 0.2) is 0 Å². The normalized spacial score (nSPS) is 56.5. The molecule has 6 atom stereocenters. The van der Waals surface area contributed by atoms with Crippen molar-refractivity contribution in [1.82, 2.24) is 0 Å². The minimum absolute atomic E-state index is 0.0311. The van der Waals surface area contributed by atoms with Gasteiger partial charge in [0.1, 0.15) is 6.10 Å². The SMILES string of the molecule is N#CC1C2CC3C(OC(=O)C13)C2O. The third-order valence-electron chi connectivity index (χ3n) is 3.72. The standard InChI is InChI=1S/C9H9NO3/c10-2-5-3-1-4-6(5)9(12)13-8(4)7(3)11/h3-8,11H,1H2. The van der Waals surface area contributed by atoms with Crippen molar-refractivity contribution < 1.29 is 14.6 Å². The monoisotopic (exact) mass is 179 g/mol. The molecule has 3 aliphatic rings. The zero-order valence-corrected chi connectivity index (χ0v) is 6.88. The van der Waals surface area contributed by atoms with Crippen molar-refractivity contribution >= 4 is 5.97 Å². The molecule has 6 unspecified atom stereocenters. The molecule has 0 aromatic rings. The lowest BCUT2D eigenvalue weighted by molar-refractivity contribution is -0.145. The summed E-state index contributed by atoms with van der Waals surface area (Å²) in [6.07, 6.45) is -0.134. The topological polar surface area (TPSA) is 70.3 Å². The summed E-state index contributed by atoms with van der Waals surface area (Å²) >= 11 is 0. The second-order valence-corrected chi connectivity index (χ2v) is 4.14. The van der Waals surface area contributed by atoms with Gasteiger partial charge >= 0.3 is 5.97 Å². The lowest BCUT2D eigenvalue weighted by Gasteiger charge is -2.23. The molecule has 1 saturated heterocycles. The highest BCUT2D eigenvalue weighted by Gasteiger charge is 2.66. The van der Waals surface area contributed by atoms with E-state index in [9.17, 15) is 9.90 Å². The lowest BCUT2D eigenvalue weighted by Crippen LogP contribution is -2.36. The first-order chi connectivity index (χ1) is 6.24. The van der Waals surface area contributed by atoms with E-state index in [1.54, 1.807) is 0 Å². The molecule has 3 fully saturated rings.